The molecule has 1 saturated heterocycles. The highest BCUT2D eigenvalue weighted by molar-refractivity contribution is 7.92. The summed E-state index contributed by atoms with van der Waals surface area (Å²) in [5.74, 6) is -0.503. The molecule has 0 spiro atoms. The Labute approximate surface area is 126 Å². The van der Waals surface area contributed by atoms with Crippen molar-refractivity contribution in [2.45, 2.75) is 10.3 Å². The summed E-state index contributed by atoms with van der Waals surface area (Å²) in [7, 11) is -3.80. The van der Waals surface area contributed by atoms with Gasteiger partial charge in [0.2, 0.25) is 9.84 Å². The summed E-state index contributed by atoms with van der Waals surface area (Å²) in [6.45, 7) is 1.08. The number of benzene rings is 1. The predicted molar refractivity (Wildman–Crippen MR) is 76.5 cm³/mol. The smallest absolute Gasteiger partial charge is 0.209 e. The van der Waals surface area contributed by atoms with Gasteiger partial charge in [0.25, 0.3) is 0 Å². The third-order valence-electron chi connectivity index (χ3n) is 3.28. The van der Waals surface area contributed by atoms with Crippen LogP contribution in [0.25, 0.3) is 10.9 Å². The van der Waals surface area contributed by atoms with Crippen LogP contribution >= 0.6 is 11.6 Å². The molecule has 21 heavy (non-hydrogen) atoms. The lowest BCUT2D eigenvalue weighted by molar-refractivity contribution is 0.0785. The number of nitrogens with one attached hydrogen (secondary N) is 1. The molecule has 1 aromatic carbocycles. The van der Waals surface area contributed by atoms with E-state index in [9.17, 15) is 12.8 Å². The van der Waals surface area contributed by atoms with Crippen molar-refractivity contribution in [2.24, 2.45) is 0 Å². The first-order valence-electron chi connectivity index (χ1n) is 6.30. The average Bonchev–Trinajstić information content (AvgIpc) is 2.49. The third kappa shape index (κ3) is 2.62. The normalized spacial score (nSPS) is 19.8. The Balaban J connectivity index is 2.13. The first-order chi connectivity index (χ1) is 10.00. The molecule has 0 bridgehead atoms. The van der Waals surface area contributed by atoms with Gasteiger partial charge in [-0.05, 0) is 18.2 Å². The molecular weight excluding hydrogens is 319 g/mol. The summed E-state index contributed by atoms with van der Waals surface area (Å²) in [6, 6.07) is 3.86. The second-order valence-corrected chi connectivity index (χ2v) is 7.08. The standard InChI is InChI=1S/C13H12ClFN2O3S/c14-13-9-5-8(15)1-2-10(9)17-6-11(13)21(18,19)12-7-16-3-4-20-12/h1-2,5-6,12,16H,3-4,7H2. The van der Waals surface area contributed by atoms with Crippen LogP contribution < -0.4 is 5.32 Å². The molecule has 0 saturated carbocycles. The maximum absolute atomic E-state index is 13.3. The number of ether oxygens (including phenoxy) is 1. The number of sulfone groups is 1. The van der Waals surface area contributed by atoms with Crippen LogP contribution in [-0.4, -0.2) is 38.5 Å². The molecule has 112 valence electrons. The van der Waals surface area contributed by atoms with E-state index in [1.165, 1.54) is 24.4 Å². The Bertz CT molecular complexity index is 791. The minimum Gasteiger partial charge on any atom is -0.359 e. The first-order valence-corrected chi connectivity index (χ1v) is 8.22. The van der Waals surface area contributed by atoms with Crippen molar-refractivity contribution in [3.8, 4) is 0 Å². The zero-order valence-electron chi connectivity index (χ0n) is 10.8. The zero-order chi connectivity index (χ0) is 15.0. The minimum absolute atomic E-state index is 0.0336. The number of nitrogens with zero attached hydrogens (tertiary/aromatic N) is 1. The number of hydrogen-bond acceptors (Lipinski definition) is 5. The van der Waals surface area contributed by atoms with Crippen LogP contribution in [0.2, 0.25) is 5.02 Å². The Morgan fingerprint density at radius 1 is 1.43 bits per heavy atom. The summed E-state index contributed by atoms with van der Waals surface area (Å²) in [5, 5.41) is 3.18. The molecule has 5 nitrogen and oxygen atoms in total. The van der Waals surface area contributed by atoms with Crippen molar-refractivity contribution in [2.75, 3.05) is 19.7 Å². The van der Waals surface area contributed by atoms with Gasteiger partial charge < -0.3 is 10.1 Å². The molecule has 0 aliphatic carbocycles. The summed E-state index contributed by atoms with van der Waals surface area (Å²) in [6.07, 6.45) is 1.19. The Hall–Kier alpha value is -1.28. The molecule has 0 radical (unpaired) electrons. The Morgan fingerprint density at radius 3 is 2.95 bits per heavy atom. The van der Waals surface area contributed by atoms with E-state index in [4.69, 9.17) is 16.3 Å². The van der Waals surface area contributed by atoms with Gasteiger partial charge in [-0.2, -0.15) is 0 Å². The molecule has 1 unspecified atom stereocenters. The lowest BCUT2D eigenvalue weighted by atomic mass is 10.2. The quantitative estimate of drug-likeness (QED) is 0.908. The summed E-state index contributed by atoms with van der Waals surface area (Å²) in [5.41, 5.74) is -0.584. The van der Waals surface area contributed by atoms with E-state index in [1.807, 2.05) is 0 Å². The van der Waals surface area contributed by atoms with Gasteiger partial charge in [0.1, 0.15) is 10.7 Å². The van der Waals surface area contributed by atoms with E-state index in [1.54, 1.807) is 0 Å². The molecule has 2 heterocycles. The van der Waals surface area contributed by atoms with Crippen molar-refractivity contribution < 1.29 is 17.5 Å². The van der Waals surface area contributed by atoms with Crippen molar-refractivity contribution >= 4 is 32.3 Å². The van der Waals surface area contributed by atoms with Gasteiger partial charge in [0.05, 0.1) is 17.1 Å². The van der Waals surface area contributed by atoms with Crippen molar-refractivity contribution in [3.63, 3.8) is 0 Å². The minimum atomic E-state index is -3.80. The van der Waals surface area contributed by atoms with Gasteiger partial charge in [0.15, 0.2) is 5.44 Å². The molecule has 2 aromatic rings. The number of rotatable bonds is 2. The van der Waals surface area contributed by atoms with Crippen LogP contribution in [0.15, 0.2) is 29.3 Å². The molecule has 1 aromatic heterocycles. The van der Waals surface area contributed by atoms with Crippen LogP contribution in [0.3, 0.4) is 0 Å². The van der Waals surface area contributed by atoms with Crippen molar-refractivity contribution in [1.29, 1.82) is 0 Å². The third-order valence-corrected chi connectivity index (χ3v) is 5.72. The van der Waals surface area contributed by atoms with Gasteiger partial charge in [-0.15, -0.1) is 0 Å². The van der Waals surface area contributed by atoms with Gasteiger partial charge in [-0.25, -0.2) is 12.8 Å². The number of morpholine rings is 1. The molecule has 1 aliphatic rings. The fourth-order valence-corrected chi connectivity index (χ4v) is 4.17. The van der Waals surface area contributed by atoms with Gasteiger partial charge in [-0.1, -0.05) is 11.6 Å². The van der Waals surface area contributed by atoms with E-state index in [2.05, 4.69) is 10.3 Å². The largest absolute Gasteiger partial charge is 0.359 e. The molecule has 8 heteroatoms. The maximum Gasteiger partial charge on any atom is 0.209 e. The molecule has 1 fully saturated rings. The molecule has 0 amide bonds. The second kappa shape index (κ2) is 5.49. The lowest BCUT2D eigenvalue weighted by Gasteiger charge is -2.24. The molecule has 1 atom stereocenters. The predicted octanol–water partition coefficient (Wildman–Crippen LogP) is 1.75. The highest BCUT2D eigenvalue weighted by atomic mass is 35.5. The topological polar surface area (TPSA) is 68.3 Å². The number of halogens is 2. The van der Waals surface area contributed by atoms with E-state index < -0.39 is 21.1 Å². The van der Waals surface area contributed by atoms with E-state index in [0.717, 1.165) is 0 Å². The number of aromatic nitrogens is 1. The van der Waals surface area contributed by atoms with Gasteiger partial charge in [-0.3, -0.25) is 4.98 Å². The highest BCUT2D eigenvalue weighted by Crippen LogP contribution is 2.31. The maximum atomic E-state index is 13.3. The molecule has 1 aliphatic heterocycles. The Kier molecular flexibility index (Phi) is 3.83. The number of fused-ring (bicyclic) bond motifs is 1. The fourth-order valence-electron chi connectivity index (χ4n) is 2.19. The average molecular weight is 331 g/mol. The van der Waals surface area contributed by atoms with Gasteiger partial charge >= 0.3 is 0 Å². The fraction of sp³-hybridized carbons (Fsp3) is 0.308. The van der Waals surface area contributed by atoms with Crippen molar-refractivity contribution in [3.05, 3.63) is 35.2 Å². The molecule has 1 N–H and O–H groups in total. The summed E-state index contributed by atoms with van der Waals surface area (Å²) >= 11 is 6.16. The molecular formula is C13H12ClFN2O3S. The first kappa shape index (κ1) is 14.6. The van der Waals surface area contributed by atoms with E-state index >= 15 is 0 Å². The Morgan fingerprint density at radius 2 is 2.24 bits per heavy atom. The van der Waals surface area contributed by atoms with E-state index in [0.29, 0.717) is 18.7 Å². The lowest BCUT2D eigenvalue weighted by Crippen LogP contribution is -2.43. The molecule has 3 rings (SSSR count). The zero-order valence-corrected chi connectivity index (χ0v) is 12.4. The van der Waals surface area contributed by atoms with Crippen LogP contribution in [0, 0.1) is 5.82 Å². The van der Waals surface area contributed by atoms with Crippen LogP contribution in [0.1, 0.15) is 0 Å². The second-order valence-electron chi connectivity index (χ2n) is 4.65. The van der Waals surface area contributed by atoms with Crippen LogP contribution in [0.5, 0.6) is 0 Å². The van der Waals surface area contributed by atoms with Crippen molar-refractivity contribution in [1.82, 2.24) is 10.3 Å². The monoisotopic (exact) mass is 330 g/mol. The number of hydrogen-bond donors (Lipinski definition) is 1. The summed E-state index contributed by atoms with van der Waals surface area (Å²) in [4.78, 5) is 3.90. The van der Waals surface area contributed by atoms with Crippen LogP contribution in [0.4, 0.5) is 4.39 Å². The summed E-state index contributed by atoms with van der Waals surface area (Å²) < 4.78 is 43.7. The van der Waals surface area contributed by atoms with Crippen LogP contribution in [-0.2, 0) is 14.6 Å². The SMILES string of the molecule is O=S(=O)(c1cnc2ccc(F)cc2c1Cl)C1CNCCO1. The van der Waals surface area contributed by atoms with Gasteiger partial charge in [0, 0.05) is 24.7 Å². The van der Waals surface area contributed by atoms with E-state index in [-0.39, 0.29) is 21.8 Å². The highest BCUT2D eigenvalue weighted by Gasteiger charge is 2.32. The number of pyridine rings is 1.